The van der Waals surface area contributed by atoms with Crippen molar-refractivity contribution in [1.29, 1.82) is 0 Å². The van der Waals surface area contributed by atoms with Gasteiger partial charge in [0.05, 0.1) is 0 Å². The van der Waals surface area contributed by atoms with Crippen LogP contribution in [0, 0.1) is 5.92 Å². The molecule has 1 aromatic rings. The SMILES string of the molecule is CC(C)Cc1nnc(NC(=O)CCCNC(=O)OC(C)(C)C)s1. The van der Waals surface area contributed by atoms with E-state index in [1.54, 1.807) is 20.8 Å². The largest absolute Gasteiger partial charge is 0.444 e. The summed E-state index contributed by atoms with van der Waals surface area (Å²) in [7, 11) is 0. The number of alkyl carbamates (subject to hydrolysis) is 1. The average Bonchev–Trinajstić information content (AvgIpc) is 2.78. The van der Waals surface area contributed by atoms with E-state index in [2.05, 4.69) is 34.7 Å². The Bertz CT molecular complexity index is 523. The summed E-state index contributed by atoms with van der Waals surface area (Å²) in [5.41, 5.74) is -0.521. The van der Waals surface area contributed by atoms with Crippen LogP contribution in [0.1, 0.15) is 52.5 Å². The number of carbonyl (C=O) groups is 2. The Labute approximate surface area is 141 Å². The van der Waals surface area contributed by atoms with Crippen molar-refractivity contribution in [2.45, 2.75) is 59.5 Å². The second kappa shape index (κ2) is 8.81. The van der Waals surface area contributed by atoms with Crippen molar-refractivity contribution in [3.05, 3.63) is 5.01 Å². The number of anilines is 1. The molecule has 23 heavy (non-hydrogen) atoms. The van der Waals surface area contributed by atoms with Crippen LogP contribution in [0.4, 0.5) is 9.93 Å². The first-order chi connectivity index (χ1) is 10.7. The summed E-state index contributed by atoms with van der Waals surface area (Å²) in [5, 5.41) is 14.8. The zero-order valence-corrected chi connectivity index (χ0v) is 15.2. The predicted octanol–water partition coefficient (Wildman–Crippen LogP) is 2.98. The first-order valence-corrected chi connectivity index (χ1v) is 8.56. The Morgan fingerprint density at radius 3 is 2.57 bits per heavy atom. The minimum atomic E-state index is -0.521. The summed E-state index contributed by atoms with van der Waals surface area (Å²) in [6, 6.07) is 0. The molecule has 0 saturated carbocycles. The topological polar surface area (TPSA) is 93.2 Å². The molecule has 0 bridgehead atoms. The van der Waals surface area contributed by atoms with Crippen molar-refractivity contribution in [3.63, 3.8) is 0 Å². The molecule has 0 atom stereocenters. The Morgan fingerprint density at radius 2 is 1.96 bits per heavy atom. The first kappa shape index (κ1) is 19.3. The molecular weight excluding hydrogens is 316 g/mol. The van der Waals surface area contributed by atoms with Gasteiger partial charge < -0.3 is 15.4 Å². The molecule has 130 valence electrons. The minimum Gasteiger partial charge on any atom is -0.444 e. The van der Waals surface area contributed by atoms with Gasteiger partial charge in [-0.3, -0.25) is 4.79 Å². The maximum atomic E-state index is 11.8. The highest BCUT2D eigenvalue weighted by Gasteiger charge is 2.15. The number of hydrogen-bond donors (Lipinski definition) is 2. The van der Waals surface area contributed by atoms with Crippen molar-refractivity contribution < 1.29 is 14.3 Å². The van der Waals surface area contributed by atoms with Gasteiger partial charge in [0.15, 0.2) is 0 Å². The quantitative estimate of drug-likeness (QED) is 0.743. The zero-order valence-electron chi connectivity index (χ0n) is 14.4. The van der Waals surface area contributed by atoms with Gasteiger partial charge in [0.1, 0.15) is 10.6 Å². The fourth-order valence-electron chi connectivity index (χ4n) is 1.67. The molecule has 0 aliphatic carbocycles. The molecule has 0 fully saturated rings. The molecule has 2 N–H and O–H groups in total. The molecule has 1 rings (SSSR count). The third kappa shape index (κ3) is 9.12. The van der Waals surface area contributed by atoms with Crippen LogP contribution in [0.2, 0.25) is 0 Å². The number of amides is 2. The monoisotopic (exact) mass is 342 g/mol. The Morgan fingerprint density at radius 1 is 1.26 bits per heavy atom. The summed E-state index contributed by atoms with van der Waals surface area (Å²) in [5.74, 6) is 0.369. The van der Waals surface area contributed by atoms with Crippen molar-refractivity contribution in [1.82, 2.24) is 15.5 Å². The van der Waals surface area contributed by atoms with Crippen molar-refractivity contribution in [2.24, 2.45) is 5.92 Å². The third-order valence-corrected chi connectivity index (χ3v) is 3.41. The van der Waals surface area contributed by atoms with E-state index in [1.165, 1.54) is 11.3 Å². The highest BCUT2D eigenvalue weighted by atomic mass is 32.1. The Hall–Kier alpha value is -1.70. The molecule has 0 aliphatic heterocycles. The van der Waals surface area contributed by atoms with Gasteiger partial charge in [0.2, 0.25) is 11.0 Å². The van der Waals surface area contributed by atoms with Crippen LogP contribution in [-0.4, -0.2) is 34.3 Å². The molecule has 8 heteroatoms. The van der Waals surface area contributed by atoms with Crippen LogP contribution in [0.25, 0.3) is 0 Å². The fourth-order valence-corrected chi connectivity index (χ4v) is 2.64. The Kier molecular flexibility index (Phi) is 7.41. The number of hydrogen-bond acceptors (Lipinski definition) is 6. The smallest absolute Gasteiger partial charge is 0.407 e. The van der Waals surface area contributed by atoms with Gasteiger partial charge in [-0.25, -0.2) is 4.79 Å². The highest BCUT2D eigenvalue weighted by molar-refractivity contribution is 7.15. The van der Waals surface area contributed by atoms with Gasteiger partial charge in [-0.05, 0) is 33.1 Å². The van der Waals surface area contributed by atoms with E-state index in [1.807, 2.05) is 0 Å². The molecule has 0 spiro atoms. The van der Waals surface area contributed by atoms with E-state index in [4.69, 9.17) is 4.74 Å². The normalized spacial score (nSPS) is 11.4. The third-order valence-electron chi connectivity index (χ3n) is 2.54. The lowest BCUT2D eigenvalue weighted by Crippen LogP contribution is -2.33. The molecule has 1 aromatic heterocycles. The van der Waals surface area contributed by atoms with E-state index in [0.717, 1.165) is 11.4 Å². The summed E-state index contributed by atoms with van der Waals surface area (Å²) < 4.78 is 5.11. The maximum Gasteiger partial charge on any atom is 0.407 e. The van der Waals surface area contributed by atoms with E-state index in [0.29, 0.717) is 30.4 Å². The van der Waals surface area contributed by atoms with Crippen LogP contribution >= 0.6 is 11.3 Å². The van der Waals surface area contributed by atoms with Gasteiger partial charge in [-0.1, -0.05) is 25.2 Å². The lowest BCUT2D eigenvalue weighted by atomic mass is 10.1. The molecule has 0 aliphatic rings. The van der Waals surface area contributed by atoms with E-state index >= 15 is 0 Å². The van der Waals surface area contributed by atoms with Gasteiger partial charge >= 0.3 is 6.09 Å². The molecule has 0 aromatic carbocycles. The van der Waals surface area contributed by atoms with Crippen LogP contribution < -0.4 is 10.6 Å². The standard InChI is InChI=1S/C15H26N4O3S/c1-10(2)9-12-18-19-13(23-12)17-11(20)7-6-8-16-14(21)22-15(3,4)5/h10H,6-9H2,1-5H3,(H,16,21)(H,17,19,20). The van der Waals surface area contributed by atoms with Gasteiger partial charge in [0, 0.05) is 19.4 Å². The van der Waals surface area contributed by atoms with Gasteiger partial charge in [-0.15, -0.1) is 10.2 Å². The van der Waals surface area contributed by atoms with Crippen LogP contribution in [0.15, 0.2) is 0 Å². The van der Waals surface area contributed by atoms with Crippen molar-refractivity contribution in [3.8, 4) is 0 Å². The first-order valence-electron chi connectivity index (χ1n) is 7.75. The predicted molar refractivity (Wildman–Crippen MR) is 90.6 cm³/mol. The molecule has 1 heterocycles. The van der Waals surface area contributed by atoms with Crippen LogP contribution in [0.3, 0.4) is 0 Å². The van der Waals surface area contributed by atoms with Crippen LogP contribution in [-0.2, 0) is 16.0 Å². The summed E-state index contributed by atoms with van der Waals surface area (Å²) in [6.07, 6.45) is 1.21. The lowest BCUT2D eigenvalue weighted by molar-refractivity contribution is -0.116. The number of carbonyl (C=O) groups excluding carboxylic acids is 2. The number of nitrogens with one attached hydrogen (secondary N) is 2. The second-order valence-electron chi connectivity index (χ2n) is 6.68. The molecular formula is C15H26N4O3S. The number of rotatable bonds is 7. The van der Waals surface area contributed by atoms with E-state index < -0.39 is 11.7 Å². The van der Waals surface area contributed by atoms with Crippen LogP contribution in [0.5, 0.6) is 0 Å². The van der Waals surface area contributed by atoms with Gasteiger partial charge in [0.25, 0.3) is 0 Å². The summed E-state index contributed by atoms with van der Waals surface area (Å²) in [4.78, 5) is 23.2. The lowest BCUT2D eigenvalue weighted by Gasteiger charge is -2.19. The Balaban J connectivity index is 2.22. The number of aromatic nitrogens is 2. The number of ether oxygens (including phenoxy) is 1. The molecule has 0 saturated heterocycles. The van der Waals surface area contributed by atoms with Gasteiger partial charge in [-0.2, -0.15) is 0 Å². The van der Waals surface area contributed by atoms with Crippen molar-refractivity contribution >= 4 is 28.5 Å². The maximum absolute atomic E-state index is 11.8. The fraction of sp³-hybridized carbons (Fsp3) is 0.733. The zero-order chi connectivity index (χ0) is 17.5. The molecule has 7 nitrogen and oxygen atoms in total. The van der Waals surface area contributed by atoms with Crippen molar-refractivity contribution in [2.75, 3.05) is 11.9 Å². The summed E-state index contributed by atoms with van der Waals surface area (Å²) >= 11 is 1.40. The molecule has 0 unspecified atom stereocenters. The summed E-state index contributed by atoms with van der Waals surface area (Å²) in [6.45, 7) is 10.0. The molecule has 2 amide bonds. The van der Waals surface area contributed by atoms with E-state index in [9.17, 15) is 9.59 Å². The van der Waals surface area contributed by atoms with E-state index in [-0.39, 0.29) is 5.91 Å². The highest BCUT2D eigenvalue weighted by Crippen LogP contribution is 2.18. The minimum absolute atomic E-state index is 0.136. The molecule has 0 radical (unpaired) electrons. The average molecular weight is 342 g/mol. The number of nitrogens with zero attached hydrogens (tertiary/aromatic N) is 2. The second-order valence-corrected chi connectivity index (χ2v) is 7.74.